The molecule has 0 spiro atoms. The van der Waals surface area contributed by atoms with Crippen molar-refractivity contribution >= 4 is 60.0 Å². The molecule has 1 amide bonds. The molecule has 7 aromatic rings. The van der Waals surface area contributed by atoms with E-state index >= 15 is 0 Å². The second-order valence-electron chi connectivity index (χ2n) is 10.3. The maximum atomic E-state index is 13.7. The number of furan rings is 1. The van der Waals surface area contributed by atoms with Crippen LogP contribution in [-0.4, -0.2) is 31.5 Å². The number of amides is 1. The van der Waals surface area contributed by atoms with Gasteiger partial charge < -0.3 is 14.2 Å². The SMILES string of the molecule is CCS(=O)(=O)Nc1cc2oc(-c3ccc(F)cc3)c(C(=O)NC)c2cc1-c1ccc2oc(=O)n3c4ccccc4cc3c2c1. The van der Waals surface area contributed by atoms with Crippen LogP contribution in [0.15, 0.2) is 98.6 Å². The summed E-state index contributed by atoms with van der Waals surface area (Å²) in [7, 11) is -2.24. The quantitative estimate of drug-likeness (QED) is 0.221. The number of para-hydroxylation sites is 1. The number of anilines is 1. The number of nitrogens with one attached hydrogen (secondary N) is 2. The molecule has 2 N–H and O–H groups in total. The highest BCUT2D eigenvalue weighted by Crippen LogP contribution is 2.41. The lowest BCUT2D eigenvalue weighted by Gasteiger charge is -2.13. The average molecular weight is 610 g/mol. The van der Waals surface area contributed by atoms with E-state index in [9.17, 15) is 22.4 Å². The summed E-state index contributed by atoms with van der Waals surface area (Å²) in [4.78, 5) is 26.1. The number of hydrogen-bond donors (Lipinski definition) is 2. The molecule has 0 aliphatic heterocycles. The van der Waals surface area contributed by atoms with Gasteiger partial charge in [0.05, 0.1) is 28.0 Å². The summed E-state index contributed by atoms with van der Waals surface area (Å²) in [6.07, 6.45) is 0. The highest BCUT2D eigenvalue weighted by Gasteiger charge is 2.25. The van der Waals surface area contributed by atoms with Gasteiger partial charge in [-0.15, -0.1) is 0 Å². The van der Waals surface area contributed by atoms with Gasteiger partial charge in [0.2, 0.25) is 10.0 Å². The molecule has 0 bridgehead atoms. The number of rotatable bonds is 6. The molecule has 0 fully saturated rings. The summed E-state index contributed by atoms with van der Waals surface area (Å²) >= 11 is 0. The van der Waals surface area contributed by atoms with Gasteiger partial charge in [0.15, 0.2) is 0 Å². The van der Waals surface area contributed by atoms with Crippen LogP contribution < -0.4 is 15.8 Å². The molecular formula is C33H24FN3O6S. The first-order valence-electron chi connectivity index (χ1n) is 13.7. The summed E-state index contributed by atoms with van der Waals surface area (Å²) in [5.74, 6) is -1.36. The maximum absolute atomic E-state index is 13.7. The van der Waals surface area contributed by atoms with Crippen molar-refractivity contribution in [1.29, 1.82) is 0 Å². The van der Waals surface area contributed by atoms with Crippen molar-refractivity contribution in [2.24, 2.45) is 0 Å². The van der Waals surface area contributed by atoms with Crippen LogP contribution in [0.4, 0.5) is 10.1 Å². The van der Waals surface area contributed by atoms with Crippen molar-refractivity contribution in [3.63, 3.8) is 0 Å². The van der Waals surface area contributed by atoms with Crippen LogP contribution in [0.25, 0.3) is 60.8 Å². The monoisotopic (exact) mass is 609 g/mol. The second-order valence-corrected chi connectivity index (χ2v) is 12.3. The van der Waals surface area contributed by atoms with Crippen LogP contribution in [0.1, 0.15) is 17.3 Å². The molecule has 3 aromatic heterocycles. The van der Waals surface area contributed by atoms with Gasteiger partial charge in [-0.1, -0.05) is 24.3 Å². The minimum atomic E-state index is -3.73. The first-order chi connectivity index (χ1) is 21.2. The van der Waals surface area contributed by atoms with E-state index in [4.69, 9.17) is 8.83 Å². The van der Waals surface area contributed by atoms with Gasteiger partial charge in [0.25, 0.3) is 5.91 Å². The van der Waals surface area contributed by atoms with Crippen molar-refractivity contribution in [2.75, 3.05) is 17.5 Å². The summed E-state index contributed by atoms with van der Waals surface area (Å²) in [6.45, 7) is 1.52. The Kier molecular flexibility index (Phi) is 6.29. The largest absolute Gasteiger partial charge is 0.455 e. The molecule has 220 valence electrons. The molecule has 0 saturated heterocycles. The van der Waals surface area contributed by atoms with Gasteiger partial charge in [-0.05, 0) is 67.1 Å². The molecule has 0 aliphatic carbocycles. The Labute approximate surface area is 249 Å². The molecule has 44 heavy (non-hydrogen) atoms. The molecule has 11 heteroatoms. The normalized spacial score (nSPS) is 12.0. The smallest absolute Gasteiger partial charge is 0.424 e. The third-order valence-corrected chi connectivity index (χ3v) is 8.98. The molecule has 0 saturated carbocycles. The topological polar surface area (TPSA) is 123 Å². The minimum absolute atomic E-state index is 0.173. The standard InChI is InChI=1S/C33H24FN3O6S/c1-3-44(40,41)36-25-17-29-24(30(32(38)35-2)31(42-29)18-8-11-21(34)12-9-18)16-22(25)19-10-13-28-23(14-19)27-15-20-6-4-5-7-26(20)37(27)33(39)43-28/h4-17,36H,3H2,1-2H3,(H,35,38). The fraction of sp³-hybridized carbons (Fsp3) is 0.0909. The number of carbonyl (C=O) groups is 1. The number of nitrogens with zero attached hydrogens (tertiary/aromatic N) is 1. The number of carbonyl (C=O) groups excluding carboxylic acids is 1. The predicted octanol–water partition coefficient (Wildman–Crippen LogP) is 6.54. The van der Waals surface area contributed by atoms with Gasteiger partial charge in [-0.25, -0.2) is 22.0 Å². The molecule has 0 unspecified atom stereocenters. The Morgan fingerprint density at radius 2 is 1.61 bits per heavy atom. The van der Waals surface area contributed by atoms with Crippen molar-refractivity contribution in [3.05, 3.63) is 107 Å². The van der Waals surface area contributed by atoms with E-state index in [0.717, 1.165) is 5.39 Å². The Balaban J connectivity index is 1.53. The lowest BCUT2D eigenvalue weighted by Crippen LogP contribution is -2.18. The number of aromatic nitrogens is 1. The van der Waals surface area contributed by atoms with E-state index in [-0.39, 0.29) is 28.3 Å². The highest BCUT2D eigenvalue weighted by atomic mass is 32.2. The lowest BCUT2D eigenvalue weighted by molar-refractivity contribution is 0.0964. The maximum Gasteiger partial charge on any atom is 0.424 e. The first kappa shape index (κ1) is 27.4. The van der Waals surface area contributed by atoms with E-state index in [2.05, 4.69) is 10.0 Å². The second kappa shape index (κ2) is 10.1. The zero-order valence-electron chi connectivity index (χ0n) is 23.5. The van der Waals surface area contributed by atoms with Gasteiger partial charge in [0, 0.05) is 40.4 Å². The van der Waals surface area contributed by atoms with Gasteiger partial charge in [-0.2, -0.15) is 0 Å². The highest BCUT2D eigenvalue weighted by molar-refractivity contribution is 7.92. The zero-order valence-corrected chi connectivity index (χ0v) is 24.3. The summed E-state index contributed by atoms with van der Waals surface area (Å²) in [5, 5.41) is 4.55. The van der Waals surface area contributed by atoms with Crippen LogP contribution in [0, 0.1) is 5.82 Å². The van der Waals surface area contributed by atoms with E-state index in [1.807, 2.05) is 36.4 Å². The summed E-state index contributed by atoms with van der Waals surface area (Å²) in [6, 6.07) is 23.3. The van der Waals surface area contributed by atoms with Crippen LogP contribution in [0.5, 0.6) is 0 Å². The fourth-order valence-corrected chi connectivity index (χ4v) is 6.19. The molecule has 0 radical (unpaired) electrons. The number of benzene rings is 4. The molecule has 0 atom stereocenters. The minimum Gasteiger partial charge on any atom is -0.455 e. The van der Waals surface area contributed by atoms with Crippen molar-refractivity contribution in [1.82, 2.24) is 9.72 Å². The number of fused-ring (bicyclic) bond motifs is 6. The van der Waals surface area contributed by atoms with E-state index in [0.29, 0.717) is 44.1 Å². The van der Waals surface area contributed by atoms with E-state index in [1.165, 1.54) is 48.7 Å². The van der Waals surface area contributed by atoms with Crippen molar-refractivity contribution in [3.8, 4) is 22.5 Å². The molecule has 4 aromatic carbocycles. The van der Waals surface area contributed by atoms with Crippen LogP contribution in [0.2, 0.25) is 0 Å². The van der Waals surface area contributed by atoms with E-state index in [1.54, 1.807) is 18.2 Å². The number of halogens is 1. The van der Waals surface area contributed by atoms with Crippen LogP contribution in [0.3, 0.4) is 0 Å². The van der Waals surface area contributed by atoms with Crippen molar-refractivity contribution in [2.45, 2.75) is 6.92 Å². The Morgan fingerprint density at radius 1 is 0.864 bits per heavy atom. The zero-order chi connectivity index (χ0) is 30.7. The molecule has 9 nitrogen and oxygen atoms in total. The Morgan fingerprint density at radius 3 is 2.36 bits per heavy atom. The third-order valence-electron chi connectivity index (χ3n) is 7.69. The van der Waals surface area contributed by atoms with Crippen LogP contribution >= 0.6 is 0 Å². The third kappa shape index (κ3) is 4.40. The summed E-state index contributed by atoms with van der Waals surface area (Å²) in [5.41, 5.74) is 3.93. The Hall–Kier alpha value is -5.42. The lowest BCUT2D eigenvalue weighted by atomic mass is 9.97. The van der Waals surface area contributed by atoms with E-state index < -0.39 is 27.5 Å². The fourth-order valence-electron chi connectivity index (χ4n) is 5.54. The number of hydrogen-bond acceptors (Lipinski definition) is 6. The van der Waals surface area contributed by atoms with Gasteiger partial charge in [0.1, 0.15) is 22.7 Å². The first-order valence-corrected chi connectivity index (χ1v) is 15.4. The number of sulfonamides is 1. The summed E-state index contributed by atoms with van der Waals surface area (Å²) < 4.78 is 55.2. The molecular weight excluding hydrogens is 585 g/mol. The Bertz CT molecular complexity index is 2460. The molecule has 0 aliphatic rings. The van der Waals surface area contributed by atoms with Gasteiger partial charge >= 0.3 is 5.76 Å². The molecule has 3 heterocycles. The average Bonchev–Trinajstić information content (AvgIpc) is 3.60. The predicted molar refractivity (Wildman–Crippen MR) is 168 cm³/mol. The van der Waals surface area contributed by atoms with Gasteiger partial charge in [-0.3, -0.25) is 9.52 Å². The van der Waals surface area contributed by atoms with Crippen LogP contribution in [-0.2, 0) is 10.0 Å². The van der Waals surface area contributed by atoms with Crippen molar-refractivity contribution < 1.29 is 26.4 Å². The molecule has 7 rings (SSSR count).